The molecule has 6 atom stereocenters. The molecule has 3 fully saturated rings. The second-order valence-corrected chi connectivity index (χ2v) is 8.32. The zero-order valence-corrected chi connectivity index (χ0v) is 16.2. The summed E-state index contributed by atoms with van der Waals surface area (Å²) >= 11 is 1.91. The molecule has 0 aromatic heterocycles. The molecule has 0 bridgehead atoms. The average Bonchev–Trinajstić information content (AvgIpc) is 2.66. The fourth-order valence-electron chi connectivity index (χ4n) is 3.90. The van der Waals surface area contributed by atoms with E-state index in [1.807, 2.05) is 52.9 Å². The number of hydroxylamine groups is 2. The Hall–Kier alpha value is -1.47. The van der Waals surface area contributed by atoms with Gasteiger partial charge in [-0.2, -0.15) is 0 Å². The largest absolute Gasteiger partial charge is 0.508 e. The zero-order valence-electron chi connectivity index (χ0n) is 14.0. The van der Waals surface area contributed by atoms with Crippen LogP contribution in [0.1, 0.15) is 12.0 Å². The molecule has 2 aliphatic heterocycles. The van der Waals surface area contributed by atoms with Crippen LogP contribution >= 0.6 is 22.6 Å². The Morgan fingerprint density at radius 3 is 2.59 bits per heavy atom. The van der Waals surface area contributed by atoms with Gasteiger partial charge in [0, 0.05) is 0 Å². The van der Waals surface area contributed by atoms with Crippen LogP contribution in [-0.4, -0.2) is 72.4 Å². The van der Waals surface area contributed by atoms with Crippen molar-refractivity contribution in [3.8, 4) is 0 Å². The molecule has 1 aromatic carbocycles. The van der Waals surface area contributed by atoms with E-state index in [9.17, 15) is 24.9 Å². The highest BCUT2D eigenvalue weighted by molar-refractivity contribution is 14.1. The highest BCUT2D eigenvalue weighted by Crippen LogP contribution is 2.52. The number of nitrogens with zero attached hydrogens (tertiary/aromatic N) is 1. The first-order valence-corrected chi connectivity index (χ1v) is 9.61. The van der Waals surface area contributed by atoms with Gasteiger partial charge in [0.1, 0.15) is 31.0 Å². The van der Waals surface area contributed by atoms with Crippen LogP contribution < -0.4 is 0 Å². The Bertz CT molecular complexity index is 763. The molecule has 2 heterocycles. The lowest BCUT2D eigenvalue weighted by atomic mass is 9.63. The minimum atomic E-state index is -1.98. The van der Waals surface area contributed by atoms with Gasteiger partial charge < -0.3 is 24.8 Å². The summed E-state index contributed by atoms with van der Waals surface area (Å²) in [6.07, 6.45) is -5.48. The number of aliphatic hydroxyl groups excluding tert-OH is 2. The van der Waals surface area contributed by atoms with Crippen molar-refractivity contribution in [2.24, 2.45) is 0 Å². The van der Waals surface area contributed by atoms with Crippen molar-refractivity contribution in [1.29, 1.82) is 0 Å². The molecule has 1 amide bonds. The first-order valence-electron chi connectivity index (χ1n) is 8.36. The number of benzene rings is 1. The van der Waals surface area contributed by atoms with Crippen molar-refractivity contribution < 1.29 is 39.2 Å². The summed E-state index contributed by atoms with van der Waals surface area (Å²) in [4.78, 5) is 29.4. The van der Waals surface area contributed by atoms with Crippen LogP contribution in [0.4, 0.5) is 4.79 Å². The SMILES string of the molecule is O=C1OC[C@]2(O)[C@H](O1)[C@@H](I)[C@]1(CC(=O)N1OCc1ccccc1)[C@H](O)[C@@H]2O. The van der Waals surface area contributed by atoms with Crippen molar-refractivity contribution in [3.05, 3.63) is 35.9 Å². The van der Waals surface area contributed by atoms with Gasteiger partial charge in [0.25, 0.3) is 0 Å². The van der Waals surface area contributed by atoms with E-state index in [4.69, 9.17) is 14.3 Å². The summed E-state index contributed by atoms with van der Waals surface area (Å²) in [5, 5.41) is 33.2. The van der Waals surface area contributed by atoms with E-state index in [0.29, 0.717) is 0 Å². The maximum atomic E-state index is 12.2. The molecule has 0 radical (unpaired) electrons. The molecule has 10 heteroatoms. The monoisotopic (exact) mass is 491 g/mol. The van der Waals surface area contributed by atoms with Crippen molar-refractivity contribution in [2.45, 2.75) is 46.4 Å². The molecule has 9 nitrogen and oxygen atoms in total. The first-order chi connectivity index (χ1) is 12.8. The Morgan fingerprint density at radius 1 is 1.22 bits per heavy atom. The quantitative estimate of drug-likeness (QED) is 0.232. The van der Waals surface area contributed by atoms with E-state index in [1.54, 1.807) is 0 Å². The van der Waals surface area contributed by atoms with Gasteiger partial charge in [-0.25, -0.2) is 9.86 Å². The normalized spacial score (nSPS) is 40.8. The van der Waals surface area contributed by atoms with E-state index < -0.39 is 46.1 Å². The van der Waals surface area contributed by atoms with Crippen LogP contribution in [0.5, 0.6) is 0 Å². The molecule has 1 aliphatic carbocycles. The second-order valence-electron chi connectivity index (χ2n) is 6.97. The number of ether oxygens (including phenoxy) is 2. The van der Waals surface area contributed by atoms with E-state index >= 15 is 0 Å². The molecule has 4 rings (SSSR count). The number of hydrogen-bond acceptors (Lipinski definition) is 8. The van der Waals surface area contributed by atoms with Crippen LogP contribution in [0.15, 0.2) is 30.3 Å². The predicted molar refractivity (Wildman–Crippen MR) is 96.4 cm³/mol. The summed E-state index contributed by atoms with van der Waals surface area (Å²) < 4.78 is 9.08. The fraction of sp³-hybridized carbons (Fsp3) is 0.529. The smallest absolute Gasteiger partial charge is 0.431 e. The minimum Gasteiger partial charge on any atom is -0.431 e. The first kappa shape index (κ1) is 18.9. The predicted octanol–water partition coefficient (Wildman–Crippen LogP) is -0.105. The molecule has 27 heavy (non-hydrogen) atoms. The lowest BCUT2D eigenvalue weighted by Gasteiger charge is -2.63. The highest BCUT2D eigenvalue weighted by atomic mass is 127. The second kappa shape index (κ2) is 6.55. The maximum absolute atomic E-state index is 12.2. The fourth-order valence-corrected chi connectivity index (χ4v) is 5.51. The lowest BCUT2D eigenvalue weighted by Crippen LogP contribution is -2.85. The van der Waals surface area contributed by atoms with Crippen molar-refractivity contribution >= 4 is 34.7 Å². The number of amides is 1. The van der Waals surface area contributed by atoms with Crippen LogP contribution in [0, 0.1) is 0 Å². The number of carbonyl (C=O) groups is 2. The van der Waals surface area contributed by atoms with Gasteiger partial charge in [-0.05, 0) is 5.56 Å². The van der Waals surface area contributed by atoms with E-state index in [2.05, 4.69) is 0 Å². The van der Waals surface area contributed by atoms with Gasteiger partial charge in [0.15, 0.2) is 11.7 Å². The van der Waals surface area contributed by atoms with E-state index in [0.717, 1.165) is 10.6 Å². The molecule has 3 aliphatic rings. The third-order valence-corrected chi connectivity index (χ3v) is 7.18. The summed E-state index contributed by atoms with van der Waals surface area (Å²) in [5.41, 5.74) is -2.49. The molecule has 146 valence electrons. The van der Waals surface area contributed by atoms with Crippen LogP contribution in [-0.2, 0) is 25.7 Å². The number of fused-ring (bicyclic) bond motifs is 1. The number of carbonyl (C=O) groups excluding carboxylic acids is 2. The Morgan fingerprint density at radius 2 is 1.93 bits per heavy atom. The van der Waals surface area contributed by atoms with Gasteiger partial charge in [-0.1, -0.05) is 52.9 Å². The third kappa shape index (κ3) is 2.65. The maximum Gasteiger partial charge on any atom is 0.508 e. The Balaban J connectivity index is 1.62. The van der Waals surface area contributed by atoms with Crippen molar-refractivity contribution in [2.75, 3.05) is 6.61 Å². The highest BCUT2D eigenvalue weighted by Gasteiger charge is 2.74. The number of β-lactam (4-membered cyclic amide) rings is 1. The van der Waals surface area contributed by atoms with Gasteiger partial charge in [-0.3, -0.25) is 9.63 Å². The summed E-state index contributed by atoms with van der Waals surface area (Å²) in [7, 11) is 0. The summed E-state index contributed by atoms with van der Waals surface area (Å²) in [6.45, 7) is -0.429. The van der Waals surface area contributed by atoms with Crippen molar-refractivity contribution in [3.63, 3.8) is 0 Å². The molecule has 1 spiro atoms. The van der Waals surface area contributed by atoms with E-state index in [-0.39, 0.29) is 18.9 Å². The number of halogens is 1. The Kier molecular flexibility index (Phi) is 4.58. The molecule has 1 aromatic rings. The van der Waals surface area contributed by atoms with Gasteiger partial charge in [-0.15, -0.1) is 0 Å². The standard InChI is InChI=1S/C17H18INO8/c18-11-14-17(24,8-25-15(23)27-14)13(22)12(21)16(11)6-10(20)19(16)26-7-9-4-2-1-3-5-9/h1-5,11-14,21-22,24H,6-8H2/t11-,12-,13+,14-,16-,17-/m1/s1. The molecule has 0 unspecified atom stereocenters. The van der Waals surface area contributed by atoms with Gasteiger partial charge in [0.05, 0.1) is 10.3 Å². The van der Waals surface area contributed by atoms with Crippen LogP contribution in [0.3, 0.4) is 0 Å². The number of rotatable bonds is 3. The number of hydrogen-bond donors (Lipinski definition) is 3. The number of aliphatic hydroxyl groups is 3. The number of alkyl halides is 1. The van der Waals surface area contributed by atoms with Crippen LogP contribution in [0.25, 0.3) is 0 Å². The number of cyclic esters (lactones) is 1. The summed E-state index contributed by atoms with van der Waals surface area (Å²) in [5.74, 6) is -0.373. The molecular formula is C17H18INO8. The molecule has 3 N–H and O–H groups in total. The topological polar surface area (TPSA) is 126 Å². The minimum absolute atomic E-state index is 0.0817. The molecule has 2 saturated heterocycles. The molecule has 1 saturated carbocycles. The van der Waals surface area contributed by atoms with Crippen molar-refractivity contribution in [1.82, 2.24) is 5.06 Å². The Labute approximate surface area is 167 Å². The van der Waals surface area contributed by atoms with Gasteiger partial charge >= 0.3 is 6.16 Å². The summed E-state index contributed by atoms with van der Waals surface area (Å²) in [6, 6.07) is 9.15. The lowest BCUT2D eigenvalue weighted by molar-refractivity contribution is -0.331. The average molecular weight is 491 g/mol. The van der Waals surface area contributed by atoms with Gasteiger partial charge in [0.2, 0.25) is 5.91 Å². The molecular weight excluding hydrogens is 473 g/mol. The third-order valence-electron chi connectivity index (χ3n) is 5.45. The van der Waals surface area contributed by atoms with Crippen LogP contribution in [0.2, 0.25) is 0 Å². The van der Waals surface area contributed by atoms with E-state index in [1.165, 1.54) is 0 Å². The zero-order chi connectivity index (χ0) is 19.4.